The summed E-state index contributed by atoms with van der Waals surface area (Å²) in [6, 6.07) is 13.5. The van der Waals surface area contributed by atoms with Crippen molar-refractivity contribution >= 4 is 27.3 Å². The molecule has 0 aliphatic heterocycles. The van der Waals surface area contributed by atoms with Crippen LogP contribution in [-0.4, -0.2) is 36.1 Å². The Bertz CT molecular complexity index is 1290. The van der Waals surface area contributed by atoms with Crippen molar-refractivity contribution in [3.63, 3.8) is 0 Å². The second-order valence-electron chi connectivity index (χ2n) is 10.0. The van der Waals surface area contributed by atoms with Crippen LogP contribution in [0.3, 0.4) is 0 Å². The van der Waals surface area contributed by atoms with E-state index in [0.717, 1.165) is 48.1 Å². The minimum Gasteiger partial charge on any atom is -0.332 e. The highest BCUT2D eigenvalue weighted by Gasteiger charge is 2.36. The summed E-state index contributed by atoms with van der Waals surface area (Å²) in [4.78, 5) is 16.8. The van der Waals surface area contributed by atoms with E-state index in [2.05, 4.69) is 0 Å². The second-order valence-corrected chi connectivity index (χ2v) is 12.9. The molecule has 5 nitrogen and oxygen atoms in total. The average molecular weight is 543 g/mol. The van der Waals surface area contributed by atoms with Crippen molar-refractivity contribution in [1.29, 1.82) is 0 Å². The fourth-order valence-electron chi connectivity index (χ4n) is 5.34. The van der Waals surface area contributed by atoms with Crippen LogP contribution < -0.4 is 0 Å². The van der Waals surface area contributed by atoms with Gasteiger partial charge in [-0.3, -0.25) is 4.79 Å². The molecule has 0 radical (unpaired) electrons. The lowest BCUT2D eigenvalue weighted by molar-refractivity contribution is -0.133. The molecule has 1 saturated carbocycles. The third kappa shape index (κ3) is 6.67. The molecule has 1 aromatic heterocycles. The Hall–Kier alpha value is -2.55. The van der Waals surface area contributed by atoms with E-state index >= 15 is 0 Å². The average Bonchev–Trinajstić information content (AvgIpc) is 3.36. The van der Waals surface area contributed by atoms with E-state index in [0.29, 0.717) is 22.6 Å². The molecule has 1 amide bonds. The minimum absolute atomic E-state index is 0.211. The van der Waals surface area contributed by atoms with Crippen molar-refractivity contribution in [2.45, 2.75) is 76.9 Å². The third-order valence-corrected chi connectivity index (χ3v) is 10.1. The number of carbonyl (C=O) groups excluding carboxylic acids is 1. The van der Waals surface area contributed by atoms with Crippen LogP contribution in [0.2, 0.25) is 0 Å². The fourth-order valence-corrected chi connectivity index (χ4v) is 8.11. The van der Waals surface area contributed by atoms with E-state index in [1.165, 1.54) is 16.4 Å². The summed E-state index contributed by atoms with van der Waals surface area (Å²) in [6.45, 7) is 6.03. The summed E-state index contributed by atoms with van der Waals surface area (Å²) in [5, 5.41) is 1.96. The van der Waals surface area contributed by atoms with Gasteiger partial charge in [0.1, 0.15) is 5.82 Å². The van der Waals surface area contributed by atoms with Crippen LogP contribution in [0.5, 0.6) is 0 Å². The van der Waals surface area contributed by atoms with E-state index < -0.39 is 10.0 Å². The van der Waals surface area contributed by atoms with Gasteiger partial charge in [0.15, 0.2) is 0 Å². The molecular weight excluding hydrogens is 507 g/mol. The van der Waals surface area contributed by atoms with Crippen LogP contribution in [-0.2, 0) is 27.9 Å². The number of hydrogen-bond donors (Lipinski definition) is 0. The highest BCUT2D eigenvalue weighted by Crippen LogP contribution is 2.31. The Balaban J connectivity index is 1.67. The number of carbonyl (C=O) groups is 1. The first-order valence-corrected chi connectivity index (χ1v) is 15.1. The molecular formula is C29H35FN2O3S2. The van der Waals surface area contributed by atoms with Crippen LogP contribution >= 0.6 is 11.3 Å². The lowest BCUT2D eigenvalue weighted by atomic mass is 9.95. The van der Waals surface area contributed by atoms with Crippen LogP contribution in [0.1, 0.15) is 59.2 Å². The number of halogens is 1. The van der Waals surface area contributed by atoms with Crippen LogP contribution in [0.25, 0.3) is 0 Å². The topological polar surface area (TPSA) is 57.7 Å². The van der Waals surface area contributed by atoms with Gasteiger partial charge in [-0.1, -0.05) is 55.2 Å². The van der Waals surface area contributed by atoms with Crippen LogP contribution in [0.4, 0.5) is 4.39 Å². The first-order chi connectivity index (χ1) is 17.6. The summed E-state index contributed by atoms with van der Waals surface area (Å²) in [5.41, 5.74) is 3.21. The molecule has 37 heavy (non-hydrogen) atoms. The zero-order valence-electron chi connectivity index (χ0n) is 21.7. The largest absolute Gasteiger partial charge is 0.332 e. The lowest BCUT2D eigenvalue weighted by Crippen LogP contribution is -2.48. The van der Waals surface area contributed by atoms with E-state index in [1.807, 2.05) is 50.4 Å². The normalized spacial score (nSPS) is 14.7. The summed E-state index contributed by atoms with van der Waals surface area (Å²) in [6.07, 6.45) is 4.48. The van der Waals surface area contributed by atoms with Gasteiger partial charge in [0.2, 0.25) is 15.9 Å². The highest BCUT2D eigenvalue weighted by atomic mass is 32.2. The molecule has 1 aliphatic rings. The molecule has 0 unspecified atom stereocenters. The maximum atomic E-state index is 14.2. The molecule has 1 heterocycles. The molecule has 0 spiro atoms. The molecule has 3 aromatic rings. The summed E-state index contributed by atoms with van der Waals surface area (Å²) >= 11 is 1.55. The first kappa shape index (κ1) is 27.5. The number of amides is 1. The molecule has 1 fully saturated rings. The van der Waals surface area contributed by atoms with Gasteiger partial charge in [-0.2, -0.15) is 4.31 Å². The maximum Gasteiger partial charge on any atom is 0.244 e. The number of thiophene rings is 1. The predicted molar refractivity (Wildman–Crippen MR) is 146 cm³/mol. The second kappa shape index (κ2) is 11.9. The summed E-state index contributed by atoms with van der Waals surface area (Å²) in [5.74, 6) is -0.590. The third-order valence-electron chi connectivity index (χ3n) is 7.01. The summed E-state index contributed by atoms with van der Waals surface area (Å²) < 4.78 is 43.3. The van der Waals surface area contributed by atoms with Crippen LogP contribution in [0, 0.1) is 26.6 Å². The number of nitrogens with zero attached hydrogens (tertiary/aromatic N) is 2. The van der Waals surface area contributed by atoms with Gasteiger partial charge in [-0.05, 0) is 73.9 Å². The van der Waals surface area contributed by atoms with Crippen molar-refractivity contribution in [1.82, 2.24) is 9.21 Å². The standard InChI is InChI=1S/C29H35FN2O3S2/c1-21-16-22(2)29(23(3)17-21)37(34,35)32(26-8-5-4-6-9-26)20-28(33)31(19-27-10-7-15-36-27)18-24-11-13-25(30)14-12-24/h7,10-17,26H,4-6,8-9,18-20H2,1-3H3. The quantitative estimate of drug-likeness (QED) is 0.316. The first-order valence-electron chi connectivity index (χ1n) is 12.8. The van der Waals surface area contributed by atoms with Crippen LogP contribution in [0.15, 0.2) is 58.8 Å². The van der Waals surface area contributed by atoms with Crippen molar-refractivity contribution in [2.75, 3.05) is 6.54 Å². The Morgan fingerprint density at radius 1 is 0.973 bits per heavy atom. The number of sulfonamides is 1. The summed E-state index contributed by atoms with van der Waals surface area (Å²) in [7, 11) is -3.91. The molecule has 0 saturated heterocycles. The molecule has 4 rings (SSSR count). The highest BCUT2D eigenvalue weighted by molar-refractivity contribution is 7.89. The Kier molecular flexibility index (Phi) is 8.82. The van der Waals surface area contributed by atoms with Gasteiger partial charge in [0, 0.05) is 17.5 Å². The maximum absolute atomic E-state index is 14.2. The van der Waals surface area contributed by atoms with Crippen molar-refractivity contribution in [3.8, 4) is 0 Å². The zero-order valence-corrected chi connectivity index (χ0v) is 23.4. The predicted octanol–water partition coefficient (Wildman–Crippen LogP) is 6.36. The van der Waals surface area contributed by atoms with E-state index in [1.54, 1.807) is 28.4 Å². The minimum atomic E-state index is -3.91. The number of rotatable bonds is 9. The van der Waals surface area contributed by atoms with Gasteiger partial charge in [0.25, 0.3) is 0 Å². The van der Waals surface area contributed by atoms with E-state index in [4.69, 9.17) is 0 Å². The SMILES string of the molecule is Cc1cc(C)c(S(=O)(=O)N(CC(=O)N(Cc2ccc(F)cc2)Cc2cccs2)C2CCCCC2)c(C)c1. The van der Waals surface area contributed by atoms with E-state index in [-0.39, 0.29) is 30.9 Å². The molecule has 0 N–H and O–H groups in total. The zero-order chi connectivity index (χ0) is 26.6. The lowest BCUT2D eigenvalue weighted by Gasteiger charge is -2.35. The molecule has 8 heteroatoms. The Labute approximate surface area is 224 Å². The molecule has 0 atom stereocenters. The Morgan fingerprint density at radius 2 is 1.62 bits per heavy atom. The molecule has 1 aliphatic carbocycles. The molecule has 2 aromatic carbocycles. The van der Waals surface area contributed by atoms with Gasteiger partial charge < -0.3 is 4.90 Å². The number of aryl methyl sites for hydroxylation is 3. The van der Waals surface area contributed by atoms with Crippen molar-refractivity contribution in [3.05, 3.63) is 86.9 Å². The molecule has 0 bridgehead atoms. The fraction of sp³-hybridized carbons (Fsp3) is 0.414. The smallest absolute Gasteiger partial charge is 0.244 e. The number of benzene rings is 2. The Morgan fingerprint density at radius 3 is 2.22 bits per heavy atom. The molecule has 198 valence electrons. The van der Waals surface area contributed by atoms with Gasteiger partial charge >= 0.3 is 0 Å². The monoisotopic (exact) mass is 542 g/mol. The number of hydrogen-bond acceptors (Lipinski definition) is 4. The van der Waals surface area contributed by atoms with Crippen molar-refractivity contribution < 1.29 is 17.6 Å². The van der Waals surface area contributed by atoms with Gasteiger partial charge in [-0.25, -0.2) is 12.8 Å². The van der Waals surface area contributed by atoms with Gasteiger partial charge in [-0.15, -0.1) is 11.3 Å². The van der Waals surface area contributed by atoms with Gasteiger partial charge in [0.05, 0.1) is 18.0 Å². The van der Waals surface area contributed by atoms with Crippen molar-refractivity contribution in [2.24, 2.45) is 0 Å². The van der Waals surface area contributed by atoms with E-state index in [9.17, 15) is 17.6 Å².